The normalized spacial score (nSPS) is 27.5. The summed E-state index contributed by atoms with van der Waals surface area (Å²) >= 11 is 0.879. The molecule has 184 valence electrons. The van der Waals surface area contributed by atoms with Gasteiger partial charge in [-0.1, -0.05) is 25.1 Å². The lowest BCUT2D eigenvalue weighted by Crippen LogP contribution is -2.37. The number of hydrogen-bond acceptors (Lipinski definition) is 7. The Morgan fingerprint density at radius 2 is 1.97 bits per heavy atom. The highest BCUT2D eigenvalue weighted by atomic mass is 32.2. The van der Waals surface area contributed by atoms with Crippen LogP contribution in [0.3, 0.4) is 0 Å². The summed E-state index contributed by atoms with van der Waals surface area (Å²) < 4.78 is 13.8. The molecule has 35 heavy (non-hydrogen) atoms. The maximum Gasteiger partial charge on any atom is 0.290 e. The Kier molecular flexibility index (Phi) is 7.15. The summed E-state index contributed by atoms with van der Waals surface area (Å²) in [6.45, 7) is 2.95. The van der Waals surface area contributed by atoms with Gasteiger partial charge in [-0.15, -0.1) is 0 Å². The van der Waals surface area contributed by atoms with Crippen LogP contribution < -0.4 is 16.0 Å². The van der Waals surface area contributed by atoms with Gasteiger partial charge in [0, 0.05) is 31.2 Å². The molecule has 9 heteroatoms. The number of imide groups is 1. The van der Waals surface area contributed by atoms with Gasteiger partial charge in [0.05, 0.1) is 10.6 Å². The summed E-state index contributed by atoms with van der Waals surface area (Å²) in [5, 5.41) is 9.00. The monoisotopic (exact) mass is 495 g/mol. The van der Waals surface area contributed by atoms with Crippen LogP contribution >= 0.6 is 11.8 Å². The minimum Gasteiger partial charge on any atom is -0.351 e. The Labute approximate surface area is 208 Å². The van der Waals surface area contributed by atoms with Crippen LogP contribution in [0.2, 0.25) is 0 Å². The number of fused-ring (bicyclic) bond motifs is 1. The van der Waals surface area contributed by atoms with Crippen molar-refractivity contribution in [2.24, 2.45) is 0 Å². The first kappa shape index (κ1) is 23.9. The van der Waals surface area contributed by atoms with E-state index in [1.54, 1.807) is 18.3 Å². The average Bonchev–Trinajstić information content (AvgIpc) is 3.15. The van der Waals surface area contributed by atoms with Gasteiger partial charge >= 0.3 is 0 Å². The van der Waals surface area contributed by atoms with Crippen molar-refractivity contribution in [3.8, 4) is 0 Å². The molecule has 2 aromatic rings. The molecule has 2 fully saturated rings. The zero-order chi connectivity index (χ0) is 24.4. The molecule has 2 heterocycles. The van der Waals surface area contributed by atoms with Gasteiger partial charge in [0.2, 0.25) is 5.95 Å². The highest BCUT2D eigenvalue weighted by molar-refractivity contribution is 8.18. The average molecular weight is 496 g/mol. The van der Waals surface area contributed by atoms with E-state index in [9.17, 15) is 14.0 Å². The molecule has 0 radical (unpaired) electrons. The fraction of sp³-hybridized carbons (Fsp3) is 0.462. The van der Waals surface area contributed by atoms with Crippen LogP contribution in [-0.4, -0.2) is 39.4 Å². The van der Waals surface area contributed by atoms with E-state index in [4.69, 9.17) is 0 Å². The number of amides is 2. The number of rotatable bonds is 6. The molecule has 0 spiro atoms. The van der Waals surface area contributed by atoms with E-state index in [1.807, 2.05) is 0 Å². The van der Waals surface area contributed by atoms with Crippen molar-refractivity contribution in [3.05, 3.63) is 57.8 Å². The third-order valence-electron chi connectivity index (χ3n) is 7.05. The van der Waals surface area contributed by atoms with Gasteiger partial charge in [-0.25, -0.2) is 14.4 Å². The molecule has 3 N–H and O–H groups in total. The van der Waals surface area contributed by atoms with Gasteiger partial charge < -0.3 is 10.6 Å². The van der Waals surface area contributed by atoms with Gasteiger partial charge in [-0.2, -0.15) is 0 Å². The highest BCUT2D eigenvalue weighted by Gasteiger charge is 2.26. The molecular weight excluding hydrogens is 465 g/mol. The third kappa shape index (κ3) is 5.90. The van der Waals surface area contributed by atoms with Gasteiger partial charge in [0.25, 0.3) is 11.1 Å². The van der Waals surface area contributed by atoms with E-state index in [2.05, 4.69) is 51.0 Å². The Bertz CT molecular complexity index is 1150. The first-order valence-corrected chi connectivity index (χ1v) is 13.1. The SMILES string of the molecule is CC1CC(F)Cc2ccc(CNC3CCC(Nc4nccc(/C=C5\SC(=O)NC5=O)n4)CC3)cc21. The van der Waals surface area contributed by atoms with Gasteiger partial charge in [-0.3, -0.25) is 14.9 Å². The number of thioether (sulfide) groups is 1. The van der Waals surface area contributed by atoms with Crippen LogP contribution in [0.25, 0.3) is 6.08 Å². The van der Waals surface area contributed by atoms with Gasteiger partial charge in [0.15, 0.2) is 0 Å². The molecule has 2 unspecified atom stereocenters. The molecule has 5 rings (SSSR count). The van der Waals surface area contributed by atoms with E-state index in [0.717, 1.165) is 49.6 Å². The molecule has 1 saturated heterocycles. The van der Waals surface area contributed by atoms with Crippen LogP contribution in [-0.2, 0) is 17.8 Å². The molecule has 7 nitrogen and oxygen atoms in total. The zero-order valence-corrected chi connectivity index (χ0v) is 20.5. The topological polar surface area (TPSA) is 96.0 Å². The predicted molar refractivity (Wildman–Crippen MR) is 136 cm³/mol. The van der Waals surface area contributed by atoms with Crippen LogP contribution in [0, 0.1) is 0 Å². The van der Waals surface area contributed by atoms with Crippen molar-refractivity contribution in [1.29, 1.82) is 0 Å². The lowest BCUT2D eigenvalue weighted by Gasteiger charge is -2.30. The van der Waals surface area contributed by atoms with Crippen molar-refractivity contribution in [2.45, 2.75) is 76.2 Å². The van der Waals surface area contributed by atoms with Crippen molar-refractivity contribution >= 4 is 34.9 Å². The molecule has 3 aliphatic rings. The van der Waals surface area contributed by atoms with E-state index < -0.39 is 12.1 Å². The maximum atomic E-state index is 13.8. The van der Waals surface area contributed by atoms with E-state index in [1.165, 1.54) is 11.1 Å². The molecule has 1 aliphatic heterocycles. The Morgan fingerprint density at radius 3 is 2.74 bits per heavy atom. The molecule has 1 aromatic heterocycles. The summed E-state index contributed by atoms with van der Waals surface area (Å²) in [6.07, 6.45) is 7.86. The first-order valence-electron chi connectivity index (χ1n) is 12.3. The van der Waals surface area contributed by atoms with E-state index in [-0.39, 0.29) is 11.2 Å². The largest absolute Gasteiger partial charge is 0.351 e. The standard InChI is InChI=1S/C26H30FN5O2S/c1-15-10-18(27)12-17-3-2-16(11-22(15)17)14-29-19-4-6-20(7-5-19)30-25-28-9-8-21(31-25)13-23-24(33)32-26(34)35-23/h2-3,8-9,11,13,15,18-20,29H,4-7,10,12,14H2,1H3,(H,28,30,31)(H,32,33,34)/b23-13-. The van der Waals surface area contributed by atoms with Crippen LogP contribution in [0.1, 0.15) is 67.3 Å². The summed E-state index contributed by atoms with van der Waals surface area (Å²) in [5.74, 6) is 0.421. The second kappa shape index (κ2) is 10.5. The quantitative estimate of drug-likeness (QED) is 0.500. The molecule has 1 saturated carbocycles. The number of benzene rings is 1. The van der Waals surface area contributed by atoms with Gasteiger partial charge in [0.1, 0.15) is 6.17 Å². The number of halogens is 1. The number of anilines is 1. The van der Waals surface area contributed by atoms with Crippen LogP contribution in [0.4, 0.5) is 15.1 Å². The molecule has 2 amide bonds. The van der Waals surface area contributed by atoms with E-state index >= 15 is 0 Å². The molecule has 0 bridgehead atoms. The lowest BCUT2D eigenvalue weighted by atomic mass is 9.82. The summed E-state index contributed by atoms with van der Waals surface area (Å²) in [4.78, 5) is 32.2. The van der Waals surface area contributed by atoms with Crippen LogP contribution in [0.5, 0.6) is 0 Å². The molecular formula is C26H30FN5O2S. The predicted octanol–water partition coefficient (Wildman–Crippen LogP) is 4.70. The fourth-order valence-corrected chi connectivity index (χ4v) is 5.86. The lowest BCUT2D eigenvalue weighted by molar-refractivity contribution is -0.115. The minimum atomic E-state index is -0.714. The summed E-state index contributed by atoms with van der Waals surface area (Å²) in [7, 11) is 0. The minimum absolute atomic E-state index is 0.281. The number of nitrogens with one attached hydrogen (secondary N) is 3. The number of alkyl halides is 1. The van der Waals surface area contributed by atoms with E-state index in [0.29, 0.717) is 41.5 Å². The second-order valence-corrected chi connectivity index (χ2v) is 10.7. The summed E-state index contributed by atoms with van der Waals surface area (Å²) in [6, 6.07) is 8.97. The molecule has 2 atom stereocenters. The maximum absolute atomic E-state index is 13.8. The number of carbonyl (C=O) groups is 2. The third-order valence-corrected chi connectivity index (χ3v) is 7.86. The van der Waals surface area contributed by atoms with Crippen molar-refractivity contribution in [2.75, 3.05) is 5.32 Å². The molecule has 1 aromatic carbocycles. The van der Waals surface area contributed by atoms with Gasteiger partial charge in [-0.05, 0) is 78.6 Å². The fourth-order valence-electron chi connectivity index (χ4n) is 5.20. The number of aromatic nitrogens is 2. The number of hydrogen-bond donors (Lipinski definition) is 3. The summed E-state index contributed by atoms with van der Waals surface area (Å²) in [5.41, 5.74) is 4.32. The number of nitrogens with zero attached hydrogens (tertiary/aromatic N) is 2. The smallest absolute Gasteiger partial charge is 0.290 e. The van der Waals surface area contributed by atoms with Crippen LogP contribution in [0.15, 0.2) is 35.4 Å². The Morgan fingerprint density at radius 1 is 1.17 bits per heavy atom. The highest BCUT2D eigenvalue weighted by Crippen LogP contribution is 2.33. The van der Waals surface area contributed by atoms with Crippen molar-refractivity contribution in [3.63, 3.8) is 0 Å². The Hall–Kier alpha value is -2.78. The van der Waals surface area contributed by atoms with Crippen molar-refractivity contribution < 1.29 is 14.0 Å². The molecule has 2 aliphatic carbocycles. The van der Waals surface area contributed by atoms with Crippen molar-refractivity contribution in [1.82, 2.24) is 20.6 Å². The Balaban J connectivity index is 1.11. The zero-order valence-electron chi connectivity index (χ0n) is 19.7. The number of carbonyl (C=O) groups excluding carboxylic acids is 2. The second-order valence-electron chi connectivity index (χ2n) is 9.70. The first-order chi connectivity index (χ1) is 16.9.